The number of fused-ring (bicyclic) bond motifs is 1. The van der Waals surface area contributed by atoms with Crippen molar-refractivity contribution >= 4 is 39.7 Å². The highest BCUT2D eigenvalue weighted by molar-refractivity contribution is 7.12. The molecule has 0 saturated heterocycles. The molecule has 32 heavy (non-hydrogen) atoms. The van der Waals surface area contributed by atoms with Gasteiger partial charge in [0, 0.05) is 17.1 Å². The number of amides is 1. The highest BCUT2D eigenvalue weighted by Gasteiger charge is 2.45. The summed E-state index contributed by atoms with van der Waals surface area (Å²) in [4.78, 5) is 28.0. The van der Waals surface area contributed by atoms with Crippen molar-refractivity contribution in [2.45, 2.75) is 18.4 Å². The zero-order valence-corrected chi connectivity index (χ0v) is 17.7. The second-order valence-electron chi connectivity index (χ2n) is 7.37. The minimum absolute atomic E-state index is 0.0283. The van der Waals surface area contributed by atoms with Crippen LogP contribution in [-0.4, -0.2) is 26.2 Å². The summed E-state index contributed by atoms with van der Waals surface area (Å²) in [6, 6.07) is 6.96. The monoisotopic (exact) mass is 471 g/mol. The molecule has 1 aromatic carbocycles. The largest absolute Gasteiger partial charge is 0.333 e. The normalized spacial score (nSPS) is 14.3. The van der Waals surface area contributed by atoms with Crippen LogP contribution in [0.4, 0.5) is 8.78 Å². The maximum atomic E-state index is 14.5. The molecule has 1 fully saturated rings. The van der Waals surface area contributed by atoms with E-state index < -0.39 is 34.3 Å². The number of aromatic nitrogens is 3. The van der Waals surface area contributed by atoms with Gasteiger partial charge in [0.25, 0.3) is 11.5 Å². The lowest BCUT2D eigenvalue weighted by Gasteiger charge is -2.07. The van der Waals surface area contributed by atoms with E-state index in [0.717, 1.165) is 28.2 Å². The summed E-state index contributed by atoms with van der Waals surface area (Å²) >= 11 is 7.37. The van der Waals surface area contributed by atoms with Crippen LogP contribution in [0.5, 0.6) is 0 Å². The topological polar surface area (TPSA) is 104 Å². The van der Waals surface area contributed by atoms with Gasteiger partial charge in [-0.3, -0.25) is 9.59 Å². The zero-order valence-electron chi connectivity index (χ0n) is 16.1. The van der Waals surface area contributed by atoms with Crippen molar-refractivity contribution in [3.8, 4) is 23.0 Å². The minimum Gasteiger partial charge on any atom is -0.333 e. The number of nitrogens with one attached hydrogen (secondary N) is 2. The van der Waals surface area contributed by atoms with E-state index in [-0.39, 0.29) is 21.6 Å². The maximum Gasteiger partial charge on any atom is 0.262 e. The van der Waals surface area contributed by atoms with Crippen molar-refractivity contribution in [1.82, 2.24) is 20.1 Å². The van der Waals surface area contributed by atoms with Crippen molar-refractivity contribution < 1.29 is 13.6 Å². The summed E-state index contributed by atoms with van der Waals surface area (Å²) in [7, 11) is 0. The average molecular weight is 472 g/mol. The lowest BCUT2D eigenvalue weighted by Crippen LogP contribution is -2.35. The maximum absolute atomic E-state index is 14.5. The number of hydrogen-bond donors (Lipinski definition) is 2. The molecule has 1 aliphatic carbocycles. The van der Waals surface area contributed by atoms with Crippen LogP contribution in [0, 0.1) is 23.0 Å². The molecule has 0 aliphatic heterocycles. The standard InChI is InChI=1S/C21H12ClF2N5O2S/c22-11-7-26-20(31)15-16(28-29(17(11)15)18-12(23)2-1-3-13(18)24)10-6-14(32-8-10)19(30)27-21(9-25)4-5-21/h1-3,6-8H,4-5H2,(H,26,31)(H,27,30). The first-order chi connectivity index (χ1) is 15.3. The smallest absolute Gasteiger partial charge is 0.262 e. The summed E-state index contributed by atoms with van der Waals surface area (Å²) in [6.45, 7) is 0. The number of pyridine rings is 1. The van der Waals surface area contributed by atoms with Gasteiger partial charge in [0.2, 0.25) is 0 Å². The van der Waals surface area contributed by atoms with E-state index in [1.54, 1.807) is 5.38 Å². The molecule has 0 unspecified atom stereocenters. The van der Waals surface area contributed by atoms with Gasteiger partial charge in [0.15, 0.2) is 11.6 Å². The SMILES string of the molecule is N#CC1(NC(=O)c2cc(-c3nn(-c4c(F)cccc4F)c4c(Cl)c[nH]c(=O)c34)cs2)CC1. The fraction of sp³-hybridized carbons (Fsp3) is 0.143. The molecule has 3 heterocycles. The number of para-hydroxylation sites is 1. The molecular weight excluding hydrogens is 460 g/mol. The van der Waals surface area contributed by atoms with Gasteiger partial charge in [-0.05, 0) is 31.0 Å². The molecule has 3 aromatic heterocycles. The van der Waals surface area contributed by atoms with Gasteiger partial charge in [-0.2, -0.15) is 10.4 Å². The molecule has 2 N–H and O–H groups in total. The number of halogens is 3. The number of rotatable bonds is 4. The molecule has 160 valence electrons. The van der Waals surface area contributed by atoms with Crippen LogP contribution in [0.15, 0.2) is 40.6 Å². The van der Waals surface area contributed by atoms with Gasteiger partial charge in [0.05, 0.1) is 21.4 Å². The number of carbonyl (C=O) groups excluding carboxylic acids is 1. The fourth-order valence-corrected chi connectivity index (χ4v) is 4.44. The van der Waals surface area contributed by atoms with Gasteiger partial charge in [0.1, 0.15) is 22.4 Å². The predicted octanol–water partition coefficient (Wildman–Crippen LogP) is 4.16. The van der Waals surface area contributed by atoms with Gasteiger partial charge in [-0.1, -0.05) is 17.7 Å². The molecule has 7 nitrogen and oxygen atoms in total. The molecule has 0 spiro atoms. The Morgan fingerprint density at radius 2 is 2.06 bits per heavy atom. The quantitative estimate of drug-likeness (QED) is 0.466. The van der Waals surface area contributed by atoms with Crippen LogP contribution in [0.2, 0.25) is 5.02 Å². The third-order valence-corrected chi connectivity index (χ3v) is 6.45. The summed E-state index contributed by atoms with van der Waals surface area (Å²) in [6.07, 6.45) is 2.39. The van der Waals surface area contributed by atoms with Crippen LogP contribution in [0.3, 0.4) is 0 Å². The second-order valence-corrected chi connectivity index (χ2v) is 8.69. The van der Waals surface area contributed by atoms with E-state index in [9.17, 15) is 23.6 Å². The van der Waals surface area contributed by atoms with Crippen molar-refractivity contribution in [2.75, 3.05) is 0 Å². The van der Waals surface area contributed by atoms with E-state index in [1.807, 2.05) is 0 Å². The Kier molecular flexibility index (Phi) is 4.62. The first-order valence-corrected chi connectivity index (χ1v) is 10.7. The molecule has 0 atom stereocenters. The Hall–Kier alpha value is -3.55. The van der Waals surface area contributed by atoms with Gasteiger partial charge in [-0.25, -0.2) is 13.5 Å². The van der Waals surface area contributed by atoms with Crippen LogP contribution in [-0.2, 0) is 0 Å². The Bertz CT molecular complexity index is 1490. The van der Waals surface area contributed by atoms with E-state index in [2.05, 4.69) is 21.5 Å². The Morgan fingerprint density at radius 1 is 1.34 bits per heavy atom. The molecule has 1 saturated carbocycles. The van der Waals surface area contributed by atoms with Crippen LogP contribution in [0.1, 0.15) is 22.5 Å². The number of nitrogens with zero attached hydrogens (tertiary/aromatic N) is 3. The van der Waals surface area contributed by atoms with Crippen LogP contribution < -0.4 is 10.9 Å². The summed E-state index contributed by atoms with van der Waals surface area (Å²) in [5.74, 6) is -2.18. The third-order valence-electron chi connectivity index (χ3n) is 5.23. The lowest BCUT2D eigenvalue weighted by atomic mass is 10.1. The van der Waals surface area contributed by atoms with E-state index >= 15 is 0 Å². The number of aromatic amines is 1. The highest BCUT2D eigenvalue weighted by Crippen LogP contribution is 2.37. The minimum atomic E-state index is -0.881. The van der Waals surface area contributed by atoms with Crippen molar-refractivity contribution in [1.29, 1.82) is 5.26 Å². The lowest BCUT2D eigenvalue weighted by molar-refractivity contribution is 0.0945. The number of H-pyrrole nitrogens is 1. The fourth-order valence-electron chi connectivity index (χ4n) is 3.43. The highest BCUT2D eigenvalue weighted by atomic mass is 35.5. The van der Waals surface area contributed by atoms with Gasteiger partial charge < -0.3 is 10.3 Å². The zero-order chi connectivity index (χ0) is 22.6. The molecule has 0 radical (unpaired) electrons. The Labute approximate surface area is 187 Å². The summed E-state index contributed by atoms with van der Waals surface area (Å²) < 4.78 is 30.0. The molecule has 11 heteroatoms. The first-order valence-electron chi connectivity index (χ1n) is 9.40. The number of benzene rings is 1. The molecular formula is C21H12ClF2N5O2S. The van der Waals surface area contributed by atoms with E-state index in [4.69, 9.17) is 11.6 Å². The Balaban J connectivity index is 1.67. The number of carbonyl (C=O) groups is 1. The Morgan fingerprint density at radius 3 is 2.72 bits per heavy atom. The van der Waals surface area contributed by atoms with Crippen molar-refractivity contribution in [2.24, 2.45) is 0 Å². The summed E-state index contributed by atoms with van der Waals surface area (Å²) in [5.41, 5.74) is -1.32. The van der Waals surface area contributed by atoms with Crippen molar-refractivity contribution in [3.05, 3.63) is 67.7 Å². The first kappa shape index (κ1) is 20.4. The second kappa shape index (κ2) is 7.25. The molecule has 0 bridgehead atoms. The number of thiophene rings is 1. The molecule has 1 aliphatic rings. The van der Waals surface area contributed by atoms with Crippen molar-refractivity contribution in [3.63, 3.8) is 0 Å². The number of hydrogen-bond acceptors (Lipinski definition) is 5. The van der Waals surface area contributed by atoms with E-state index in [1.165, 1.54) is 18.3 Å². The van der Waals surface area contributed by atoms with Crippen LogP contribution in [0.25, 0.3) is 27.8 Å². The third kappa shape index (κ3) is 3.18. The van der Waals surface area contributed by atoms with Gasteiger partial charge in [-0.15, -0.1) is 11.3 Å². The van der Waals surface area contributed by atoms with Crippen LogP contribution >= 0.6 is 22.9 Å². The molecule has 1 amide bonds. The summed E-state index contributed by atoms with van der Waals surface area (Å²) in [5, 5.41) is 17.9. The average Bonchev–Trinajstić information content (AvgIpc) is 3.19. The van der Waals surface area contributed by atoms with Gasteiger partial charge >= 0.3 is 0 Å². The molecule has 5 rings (SSSR count). The van der Waals surface area contributed by atoms with E-state index in [0.29, 0.717) is 23.3 Å². The number of nitriles is 1. The molecule has 4 aromatic rings. The predicted molar refractivity (Wildman–Crippen MR) is 115 cm³/mol.